The van der Waals surface area contributed by atoms with Crippen LogP contribution in [0.4, 0.5) is 46.5 Å². The Balaban J connectivity index is 0.000000185. The first-order valence-corrected chi connectivity index (χ1v) is 39.2. The van der Waals surface area contributed by atoms with Crippen molar-refractivity contribution in [3.8, 4) is 11.8 Å². The lowest BCUT2D eigenvalue weighted by Gasteiger charge is -2.30. The number of nitrogens with one attached hydrogen (secondary N) is 5. The summed E-state index contributed by atoms with van der Waals surface area (Å²) >= 11 is 0. The van der Waals surface area contributed by atoms with Gasteiger partial charge in [0.2, 0.25) is 55.4 Å². The minimum atomic E-state index is -4.84. The van der Waals surface area contributed by atoms with E-state index in [1.807, 2.05) is 66.7 Å². The van der Waals surface area contributed by atoms with Gasteiger partial charge in [-0.1, -0.05) is 86.4 Å². The molecule has 4 aliphatic carbocycles. The van der Waals surface area contributed by atoms with Gasteiger partial charge < -0.3 is 45.6 Å². The van der Waals surface area contributed by atoms with Crippen molar-refractivity contribution in [2.24, 2.45) is 17.0 Å². The van der Waals surface area contributed by atoms with E-state index in [-0.39, 0.29) is 68.9 Å². The van der Waals surface area contributed by atoms with Crippen molar-refractivity contribution in [1.82, 2.24) is 35.1 Å². The third kappa shape index (κ3) is 18.0. The molecule has 33 heteroatoms. The van der Waals surface area contributed by atoms with Gasteiger partial charge in [-0.2, -0.15) is 26.3 Å². The maximum absolute atomic E-state index is 14.5. The van der Waals surface area contributed by atoms with Crippen LogP contribution >= 0.6 is 0 Å². The number of carboxylic acid groups (broad SMARTS) is 1. The number of carboxylic acids is 1. The number of benzene rings is 4. The number of sulfonamides is 2. The zero-order chi connectivity index (χ0) is 78.2. The van der Waals surface area contributed by atoms with Crippen LogP contribution in [0.15, 0.2) is 134 Å². The fourth-order valence-corrected chi connectivity index (χ4v) is 16.3. The summed E-state index contributed by atoms with van der Waals surface area (Å²) < 4.78 is 170. The Kier molecular flexibility index (Phi) is 22.6. The van der Waals surface area contributed by atoms with Crippen molar-refractivity contribution >= 4 is 88.5 Å². The molecule has 0 radical (unpaired) electrons. The monoisotopic (exact) mass is 1560 g/mol. The predicted octanol–water partition coefficient (Wildman–Crippen LogP) is 11.1. The van der Waals surface area contributed by atoms with Crippen molar-refractivity contribution in [2.75, 3.05) is 23.7 Å². The number of fused-ring (bicyclic) bond motifs is 6. The highest BCUT2D eigenvalue weighted by Crippen LogP contribution is 2.49. The van der Waals surface area contributed by atoms with E-state index in [0.29, 0.717) is 81.2 Å². The van der Waals surface area contributed by atoms with Gasteiger partial charge in [-0.25, -0.2) is 45.5 Å². The van der Waals surface area contributed by atoms with Crippen LogP contribution in [0.2, 0.25) is 0 Å². The van der Waals surface area contributed by atoms with Gasteiger partial charge >= 0.3 is 18.3 Å². The largest absolute Gasteiger partial charge is 0.479 e. The predicted molar refractivity (Wildman–Crippen MR) is 386 cm³/mol. The highest BCUT2D eigenvalue weighted by atomic mass is 32.2. The standard InChI is InChI=1S/C38H41F4N5O6S.C34H34F4N4O5.C4H9NO2S/c1-36(14-15-36)54(51,52)46-35(50)37-21-24(37)10-5-3-2-4-6-12-30(44-27-18-25(38(40,41)42)17-26(39)19-27)34(49)47-22-28(20-31(47)32(48)45-37)53-33-29-11-8-7-9-23(29)13-16-43-33;35-23-14-22(34(36,37)38)15-24(16-23)40-27-11-5-3-1-2-4-9-21-18-33(21,32(45)46)41-29(43)28-17-25(19-42(28)31(27)44)47-30-26-10-7-6-8-20(26)12-13-39-30;1-4(2-3-4)8(5,6)7/h5,7-11,13,16-19,24,28,30-31,44H,2-4,6,12,14-15,20-22H2,1H3,(H,45,48)(H,46,50);4,6-10,12-16,21,25,27-28,40H,1-3,5,11,17-19H2,(H,41,43)(H,45,46);2-3H2,1H3,(H2,5,6,7)/b10-5-;9-4-;/t24-,28-,30+,31+,37-;21-,25-,27+,28+,33-;/m11./s1. The molecule has 0 unspecified atom stereocenters. The summed E-state index contributed by atoms with van der Waals surface area (Å²) in [6.07, 6.45) is 7.28. The fraction of sp³-hybridized carbons (Fsp3) is 0.474. The molecule has 6 fully saturated rings. The molecule has 23 nitrogen and oxygen atoms in total. The molecule has 6 heterocycles. The lowest BCUT2D eigenvalue weighted by molar-refractivity contribution is -0.145. The van der Waals surface area contributed by atoms with Gasteiger partial charge in [-0.15, -0.1) is 0 Å². The molecule has 2 saturated heterocycles. The number of carbonyl (C=O) groups excluding carboxylic acids is 5. The lowest BCUT2D eigenvalue weighted by Crippen LogP contribution is -2.58. The van der Waals surface area contributed by atoms with Crippen LogP contribution in [0.3, 0.4) is 0 Å². The number of hydrogen-bond acceptors (Lipinski definition) is 16. The van der Waals surface area contributed by atoms with Crippen molar-refractivity contribution in [1.29, 1.82) is 0 Å². The number of nitrogens with zero attached hydrogens (tertiary/aromatic N) is 4. The van der Waals surface area contributed by atoms with Gasteiger partial charge in [0.25, 0.3) is 5.91 Å². The first-order chi connectivity index (χ1) is 51.5. The first-order valence-electron chi connectivity index (χ1n) is 36.2. The number of carbonyl (C=O) groups is 6. The molecular weight excluding hydrogens is 1480 g/mol. The van der Waals surface area contributed by atoms with Gasteiger partial charge in [0.05, 0.1) is 33.7 Å². The van der Waals surface area contributed by atoms with Crippen LogP contribution in [0.1, 0.15) is 141 Å². The van der Waals surface area contributed by atoms with E-state index in [9.17, 15) is 85.8 Å². The van der Waals surface area contributed by atoms with E-state index in [2.05, 4.69) is 36.0 Å². The number of hydrogen-bond donors (Lipinski definition) is 7. The van der Waals surface area contributed by atoms with Crippen LogP contribution in [0.5, 0.6) is 11.8 Å². The Morgan fingerprint density at radius 3 is 1.42 bits per heavy atom. The normalized spacial score (nSPS) is 27.5. The number of rotatable bonds is 13. The van der Waals surface area contributed by atoms with Crippen molar-refractivity contribution in [3.63, 3.8) is 0 Å². The molecule has 109 heavy (non-hydrogen) atoms. The van der Waals surface area contributed by atoms with E-state index < -0.39 is 159 Å². The summed E-state index contributed by atoms with van der Waals surface area (Å²) in [4.78, 5) is 94.4. The van der Waals surface area contributed by atoms with E-state index in [1.54, 1.807) is 44.5 Å². The number of primary sulfonamides is 1. The summed E-state index contributed by atoms with van der Waals surface area (Å²) in [5.41, 5.74) is -6.01. The SMILES string of the molecule is CC1(S(=O)(=O)NC(=O)[C@@]23C[C@H]2/C=C\CCCCC[C@H](Nc2cc(F)cc(C(F)(F)F)c2)C(=O)N2C[C@H](Oc4nccc5ccccc45)C[C@H]2C(=O)N3)CC1.CC1(S(N)(=O)=O)CC1.O=C1N[C@]2(C(=O)O)C[C@H]2/C=C\CCCCC[C@H](Nc2cc(F)cc(C(F)(F)F)c2)C(=O)N2C[C@H](Oc3nccc4ccccc34)C[C@@H]12. The number of allylic oxidation sites excluding steroid dienone is 2. The lowest BCUT2D eigenvalue weighted by atomic mass is 10.0. The topological polar surface area (TPSA) is 328 Å². The number of aliphatic carboxylic acids is 1. The second-order valence-corrected chi connectivity index (χ2v) is 34.1. The highest BCUT2D eigenvalue weighted by molar-refractivity contribution is 7.91. The first kappa shape index (κ1) is 79.1. The molecule has 4 saturated carbocycles. The van der Waals surface area contributed by atoms with Gasteiger partial charge in [0.1, 0.15) is 59.1 Å². The van der Waals surface area contributed by atoms with Crippen molar-refractivity contribution < 1.29 is 95.3 Å². The van der Waals surface area contributed by atoms with E-state index in [4.69, 9.17) is 14.6 Å². The second kappa shape index (κ2) is 31.1. The molecule has 0 spiro atoms. The van der Waals surface area contributed by atoms with Gasteiger partial charge in [0, 0.05) is 59.2 Å². The van der Waals surface area contributed by atoms with Crippen LogP contribution in [-0.2, 0) is 61.2 Å². The molecule has 10 atom stereocenters. The molecule has 584 valence electrons. The van der Waals surface area contributed by atoms with E-state index in [1.165, 1.54) is 9.80 Å². The summed E-state index contributed by atoms with van der Waals surface area (Å²) in [6.45, 7) is 3.03. The Hall–Kier alpha value is -9.50. The number of halogens is 8. The van der Waals surface area contributed by atoms with Crippen molar-refractivity contribution in [3.05, 3.63) is 157 Å². The number of alkyl halides is 6. The maximum atomic E-state index is 14.5. The van der Waals surface area contributed by atoms with Crippen LogP contribution in [0.25, 0.3) is 21.5 Å². The Bertz CT molecular complexity index is 4780. The van der Waals surface area contributed by atoms with Crippen LogP contribution < -0.4 is 40.6 Å². The average molecular weight is 1560 g/mol. The number of amides is 5. The number of anilines is 2. The maximum Gasteiger partial charge on any atom is 0.416 e. The second-order valence-electron chi connectivity index (χ2n) is 29.8. The Morgan fingerprint density at radius 2 is 1.01 bits per heavy atom. The summed E-state index contributed by atoms with van der Waals surface area (Å²) in [7, 11) is -7.27. The smallest absolute Gasteiger partial charge is 0.416 e. The zero-order valence-corrected chi connectivity index (χ0v) is 61.1. The minimum absolute atomic E-state index is 0.0174. The molecule has 6 aromatic rings. The zero-order valence-electron chi connectivity index (χ0n) is 59.5. The average Bonchev–Trinajstić information content (AvgIpc) is 1.57. The molecular formula is C76H84F8N10O13S2. The third-order valence-electron chi connectivity index (χ3n) is 21.7. The minimum Gasteiger partial charge on any atom is -0.479 e. The third-order valence-corrected chi connectivity index (χ3v) is 25.6. The van der Waals surface area contributed by atoms with Gasteiger partial charge in [-0.05, 0) is 162 Å². The molecule has 4 aromatic carbocycles. The number of aromatic nitrogens is 2. The number of ether oxygens (including phenoxy) is 2. The number of pyridine rings is 2. The fourth-order valence-electron chi connectivity index (χ4n) is 14.3. The van der Waals surface area contributed by atoms with Crippen LogP contribution in [-0.4, -0.2) is 147 Å². The molecule has 5 amide bonds. The quantitative estimate of drug-likeness (QED) is 0.0417. The van der Waals surface area contributed by atoms with Crippen LogP contribution in [0, 0.1) is 23.5 Å². The Labute approximate surface area is 623 Å². The molecule has 14 rings (SSSR count). The molecule has 8 aliphatic rings. The van der Waals surface area contributed by atoms with Gasteiger partial charge in [0.15, 0.2) is 0 Å². The Morgan fingerprint density at radius 1 is 0.587 bits per heavy atom. The van der Waals surface area contributed by atoms with Crippen molar-refractivity contribution in [2.45, 2.75) is 199 Å². The van der Waals surface area contributed by atoms with E-state index >= 15 is 0 Å². The summed E-state index contributed by atoms with van der Waals surface area (Å²) in [5.74, 6) is -7.27. The summed E-state index contributed by atoms with van der Waals surface area (Å²) in [5, 5.41) is 29.2. The molecule has 8 N–H and O–H groups in total. The highest BCUT2D eigenvalue weighted by Gasteiger charge is 2.64. The molecule has 0 bridgehead atoms. The van der Waals surface area contributed by atoms with E-state index in [0.717, 1.165) is 59.7 Å². The molecule has 2 aromatic heterocycles. The van der Waals surface area contributed by atoms with Gasteiger partial charge in [-0.3, -0.25) is 28.7 Å². The summed E-state index contributed by atoms with van der Waals surface area (Å²) in [6, 6.07) is 17.7. The molecule has 4 aliphatic heterocycles. The number of nitrogens with two attached hydrogens (primary N) is 1.